The van der Waals surface area contributed by atoms with Gasteiger partial charge in [0.05, 0.1) is 25.0 Å². The number of nitrogens with one attached hydrogen (secondary N) is 1. The summed E-state index contributed by atoms with van der Waals surface area (Å²) < 4.78 is 9.08. The minimum Gasteiger partial charge on any atom is -0.383 e. The van der Waals surface area contributed by atoms with Crippen LogP contribution in [-0.4, -0.2) is 39.2 Å². The van der Waals surface area contributed by atoms with Crippen molar-refractivity contribution in [2.75, 3.05) is 13.7 Å². The Hall–Kier alpha value is -2.67. The molecular weight excluding hydrogens is 318 g/mol. The van der Waals surface area contributed by atoms with E-state index in [9.17, 15) is 4.79 Å². The third-order valence-corrected chi connectivity index (χ3v) is 4.66. The number of nitrogens with zero attached hydrogens (tertiary/aromatic N) is 4. The van der Waals surface area contributed by atoms with Crippen LogP contribution < -0.4 is 5.32 Å². The minimum atomic E-state index is -0.107. The standard InChI is InChI=1S/C18H23N5O2/c1-12-13(2)23(7-8-25-4)17-6-5-14(9-16(12)17)18(24)19-10-15-11-20-21-22(15)3/h5-6,9,11H,7-8,10H2,1-4H3,(H,19,24). The molecule has 2 aromatic heterocycles. The molecule has 0 saturated heterocycles. The molecule has 1 amide bonds. The number of rotatable bonds is 6. The van der Waals surface area contributed by atoms with Gasteiger partial charge in [-0.3, -0.25) is 9.48 Å². The monoisotopic (exact) mass is 341 g/mol. The molecule has 0 fully saturated rings. The second-order valence-electron chi connectivity index (χ2n) is 6.12. The molecule has 0 radical (unpaired) electrons. The summed E-state index contributed by atoms with van der Waals surface area (Å²) in [5.74, 6) is -0.107. The number of hydrogen-bond acceptors (Lipinski definition) is 4. The van der Waals surface area contributed by atoms with E-state index in [0.29, 0.717) is 18.7 Å². The number of aryl methyl sites for hydroxylation is 2. The summed E-state index contributed by atoms with van der Waals surface area (Å²) >= 11 is 0. The molecule has 132 valence electrons. The van der Waals surface area contributed by atoms with Crippen molar-refractivity contribution < 1.29 is 9.53 Å². The molecule has 0 aliphatic rings. The van der Waals surface area contributed by atoms with E-state index < -0.39 is 0 Å². The van der Waals surface area contributed by atoms with E-state index in [1.165, 1.54) is 11.3 Å². The molecule has 0 aliphatic carbocycles. The maximum absolute atomic E-state index is 12.5. The zero-order valence-corrected chi connectivity index (χ0v) is 15.0. The predicted octanol–water partition coefficient (Wildman–Crippen LogP) is 1.96. The molecule has 0 aliphatic heterocycles. The van der Waals surface area contributed by atoms with Gasteiger partial charge in [0, 0.05) is 42.9 Å². The Kier molecular flexibility index (Phi) is 4.85. The summed E-state index contributed by atoms with van der Waals surface area (Å²) in [5.41, 5.74) is 5.02. The van der Waals surface area contributed by atoms with Crippen LogP contribution in [0.15, 0.2) is 24.4 Å². The average molecular weight is 341 g/mol. The van der Waals surface area contributed by atoms with Gasteiger partial charge in [-0.25, -0.2) is 0 Å². The van der Waals surface area contributed by atoms with E-state index in [1.807, 2.05) is 18.2 Å². The van der Waals surface area contributed by atoms with E-state index >= 15 is 0 Å². The summed E-state index contributed by atoms with van der Waals surface area (Å²) in [4.78, 5) is 12.5. The maximum Gasteiger partial charge on any atom is 0.251 e. The Morgan fingerprint density at radius 3 is 2.80 bits per heavy atom. The fourth-order valence-electron chi connectivity index (χ4n) is 3.01. The van der Waals surface area contributed by atoms with Crippen LogP contribution in [-0.2, 0) is 24.9 Å². The summed E-state index contributed by atoms with van der Waals surface area (Å²) in [6.07, 6.45) is 1.65. The van der Waals surface area contributed by atoms with Crippen LogP contribution in [0, 0.1) is 13.8 Å². The summed E-state index contributed by atoms with van der Waals surface area (Å²) in [6.45, 7) is 6.04. The third-order valence-electron chi connectivity index (χ3n) is 4.66. The molecule has 1 aromatic carbocycles. The highest BCUT2D eigenvalue weighted by molar-refractivity contribution is 5.99. The Morgan fingerprint density at radius 1 is 1.32 bits per heavy atom. The number of carbonyl (C=O) groups excluding carboxylic acids is 1. The quantitative estimate of drug-likeness (QED) is 0.744. The predicted molar refractivity (Wildman–Crippen MR) is 95.5 cm³/mol. The fourth-order valence-corrected chi connectivity index (χ4v) is 3.01. The van der Waals surface area contributed by atoms with E-state index in [-0.39, 0.29) is 5.91 Å². The molecule has 0 atom stereocenters. The Labute approximate surface area is 146 Å². The first-order valence-electron chi connectivity index (χ1n) is 8.23. The largest absolute Gasteiger partial charge is 0.383 e. The number of benzene rings is 1. The molecule has 2 heterocycles. The number of ether oxygens (including phenoxy) is 1. The number of aromatic nitrogens is 4. The van der Waals surface area contributed by atoms with E-state index in [2.05, 4.69) is 34.0 Å². The van der Waals surface area contributed by atoms with Gasteiger partial charge in [0.2, 0.25) is 0 Å². The molecule has 0 spiro atoms. The molecule has 0 bridgehead atoms. The second-order valence-corrected chi connectivity index (χ2v) is 6.12. The molecule has 0 saturated carbocycles. The first kappa shape index (κ1) is 17.2. The lowest BCUT2D eigenvalue weighted by molar-refractivity contribution is 0.0950. The molecule has 3 aromatic rings. The highest BCUT2D eigenvalue weighted by Gasteiger charge is 2.14. The fraction of sp³-hybridized carbons (Fsp3) is 0.389. The van der Waals surface area contributed by atoms with Gasteiger partial charge in [-0.1, -0.05) is 5.21 Å². The molecule has 7 heteroatoms. The first-order valence-corrected chi connectivity index (χ1v) is 8.23. The van der Waals surface area contributed by atoms with Gasteiger partial charge in [-0.15, -0.1) is 5.10 Å². The van der Waals surface area contributed by atoms with E-state index in [4.69, 9.17) is 4.74 Å². The van der Waals surface area contributed by atoms with Crippen molar-refractivity contribution in [3.8, 4) is 0 Å². The zero-order chi connectivity index (χ0) is 18.0. The van der Waals surface area contributed by atoms with Gasteiger partial charge in [-0.2, -0.15) is 0 Å². The van der Waals surface area contributed by atoms with Gasteiger partial charge in [0.15, 0.2) is 0 Å². The van der Waals surface area contributed by atoms with Crippen LogP contribution in [0.2, 0.25) is 0 Å². The number of hydrogen-bond donors (Lipinski definition) is 1. The van der Waals surface area contributed by atoms with E-state index in [1.54, 1.807) is 25.0 Å². The molecule has 3 rings (SSSR count). The van der Waals surface area contributed by atoms with Crippen LogP contribution in [0.3, 0.4) is 0 Å². The molecule has 25 heavy (non-hydrogen) atoms. The average Bonchev–Trinajstić information content (AvgIpc) is 3.13. The van der Waals surface area contributed by atoms with Crippen molar-refractivity contribution in [3.05, 3.63) is 46.9 Å². The number of methoxy groups -OCH3 is 1. The number of amides is 1. The lowest BCUT2D eigenvalue weighted by atomic mass is 10.1. The first-order chi connectivity index (χ1) is 12.0. The minimum absolute atomic E-state index is 0.107. The number of carbonyl (C=O) groups is 1. The van der Waals surface area contributed by atoms with Crippen molar-refractivity contribution in [1.29, 1.82) is 0 Å². The lowest BCUT2D eigenvalue weighted by Gasteiger charge is -2.08. The van der Waals surface area contributed by atoms with Gasteiger partial charge >= 0.3 is 0 Å². The second kappa shape index (κ2) is 7.06. The summed E-state index contributed by atoms with van der Waals surface area (Å²) in [5, 5.41) is 11.7. The van der Waals surface area contributed by atoms with Gasteiger partial charge in [-0.05, 0) is 37.6 Å². The van der Waals surface area contributed by atoms with Crippen LogP contribution in [0.4, 0.5) is 0 Å². The zero-order valence-electron chi connectivity index (χ0n) is 15.0. The van der Waals surface area contributed by atoms with Crippen molar-refractivity contribution in [2.45, 2.75) is 26.9 Å². The highest BCUT2D eigenvalue weighted by Crippen LogP contribution is 2.26. The Bertz CT molecular complexity index is 910. The maximum atomic E-state index is 12.5. The Balaban J connectivity index is 1.84. The van der Waals surface area contributed by atoms with Crippen molar-refractivity contribution >= 4 is 16.8 Å². The SMILES string of the molecule is COCCn1c(C)c(C)c2cc(C(=O)NCc3cnnn3C)ccc21. The van der Waals surface area contributed by atoms with Gasteiger partial charge < -0.3 is 14.6 Å². The number of fused-ring (bicyclic) bond motifs is 1. The van der Waals surface area contributed by atoms with Crippen LogP contribution in [0.25, 0.3) is 10.9 Å². The van der Waals surface area contributed by atoms with Crippen molar-refractivity contribution in [1.82, 2.24) is 24.9 Å². The molecule has 0 unspecified atom stereocenters. The third kappa shape index (κ3) is 3.28. The van der Waals surface area contributed by atoms with Gasteiger partial charge in [0.25, 0.3) is 5.91 Å². The van der Waals surface area contributed by atoms with Crippen LogP contribution in [0.5, 0.6) is 0 Å². The smallest absolute Gasteiger partial charge is 0.251 e. The normalized spacial score (nSPS) is 11.2. The lowest BCUT2D eigenvalue weighted by Crippen LogP contribution is -2.24. The topological polar surface area (TPSA) is 74.0 Å². The highest BCUT2D eigenvalue weighted by atomic mass is 16.5. The molecule has 1 N–H and O–H groups in total. The van der Waals surface area contributed by atoms with Crippen molar-refractivity contribution in [3.63, 3.8) is 0 Å². The van der Waals surface area contributed by atoms with Crippen LogP contribution in [0.1, 0.15) is 27.3 Å². The van der Waals surface area contributed by atoms with E-state index in [0.717, 1.165) is 23.1 Å². The van der Waals surface area contributed by atoms with Crippen molar-refractivity contribution in [2.24, 2.45) is 7.05 Å². The molecular formula is C18H23N5O2. The summed E-state index contributed by atoms with van der Waals surface area (Å²) in [6, 6.07) is 5.82. The van der Waals surface area contributed by atoms with Crippen LogP contribution >= 0.6 is 0 Å². The Morgan fingerprint density at radius 2 is 2.12 bits per heavy atom. The summed E-state index contributed by atoms with van der Waals surface area (Å²) in [7, 11) is 3.50. The van der Waals surface area contributed by atoms with Gasteiger partial charge in [0.1, 0.15) is 0 Å². The molecule has 7 nitrogen and oxygen atoms in total.